The Morgan fingerprint density at radius 3 is 2.94 bits per heavy atom. The van der Waals surface area contributed by atoms with Gasteiger partial charge < -0.3 is 0 Å². The van der Waals surface area contributed by atoms with Gasteiger partial charge in [-0.15, -0.1) is 0 Å². The molecule has 0 radical (unpaired) electrons. The van der Waals surface area contributed by atoms with Gasteiger partial charge in [0.25, 0.3) is 5.56 Å². The lowest BCUT2D eigenvalue weighted by Gasteiger charge is -2.03. The van der Waals surface area contributed by atoms with Gasteiger partial charge in [-0.2, -0.15) is 0 Å². The van der Waals surface area contributed by atoms with Gasteiger partial charge in [0.05, 0.1) is 16.4 Å². The Morgan fingerprint density at radius 2 is 2.12 bits per heavy atom. The molecular weight excluding hydrogens is 202 g/mol. The molecular formula is C12H11N3O. The van der Waals surface area contributed by atoms with Crippen molar-refractivity contribution in [3.8, 4) is 0 Å². The third kappa shape index (κ3) is 1.10. The number of aromatic amines is 2. The van der Waals surface area contributed by atoms with Crippen molar-refractivity contribution >= 4 is 21.8 Å². The molecule has 0 spiro atoms. The van der Waals surface area contributed by atoms with E-state index in [2.05, 4.69) is 28.2 Å². The predicted octanol–water partition coefficient (Wildman–Crippen LogP) is 1.97. The quantitative estimate of drug-likeness (QED) is 0.649. The van der Waals surface area contributed by atoms with Gasteiger partial charge in [0, 0.05) is 11.6 Å². The van der Waals surface area contributed by atoms with E-state index in [0.717, 1.165) is 22.8 Å². The van der Waals surface area contributed by atoms with E-state index in [-0.39, 0.29) is 5.56 Å². The summed E-state index contributed by atoms with van der Waals surface area (Å²) in [6, 6.07) is 6.03. The topological polar surface area (TPSA) is 61.5 Å². The van der Waals surface area contributed by atoms with E-state index < -0.39 is 0 Å². The van der Waals surface area contributed by atoms with Crippen LogP contribution in [0.3, 0.4) is 0 Å². The second-order valence-electron chi connectivity index (χ2n) is 3.79. The van der Waals surface area contributed by atoms with Crippen molar-refractivity contribution in [2.45, 2.75) is 13.3 Å². The van der Waals surface area contributed by atoms with E-state index >= 15 is 0 Å². The Balaban J connectivity index is 2.57. The van der Waals surface area contributed by atoms with E-state index in [1.165, 1.54) is 5.56 Å². The lowest BCUT2D eigenvalue weighted by molar-refractivity contribution is 1.08. The second-order valence-corrected chi connectivity index (χ2v) is 3.79. The van der Waals surface area contributed by atoms with Crippen LogP contribution in [0.2, 0.25) is 0 Å². The molecule has 16 heavy (non-hydrogen) atoms. The van der Waals surface area contributed by atoms with Crippen molar-refractivity contribution in [1.29, 1.82) is 0 Å². The number of benzene rings is 1. The highest BCUT2D eigenvalue weighted by molar-refractivity contribution is 6.03. The summed E-state index contributed by atoms with van der Waals surface area (Å²) in [7, 11) is 0. The van der Waals surface area contributed by atoms with Crippen LogP contribution in [0.4, 0.5) is 0 Å². The first kappa shape index (κ1) is 9.15. The summed E-state index contributed by atoms with van der Waals surface area (Å²) in [5.74, 6) is 0. The van der Waals surface area contributed by atoms with Crippen LogP contribution in [0.15, 0.2) is 29.2 Å². The number of hydrogen-bond donors (Lipinski definition) is 2. The summed E-state index contributed by atoms with van der Waals surface area (Å²) >= 11 is 0. The molecule has 4 nitrogen and oxygen atoms in total. The number of nitrogens with zero attached hydrogens (tertiary/aromatic N) is 1. The molecule has 0 bridgehead atoms. The van der Waals surface area contributed by atoms with Gasteiger partial charge in [-0.25, -0.2) is 0 Å². The molecule has 80 valence electrons. The van der Waals surface area contributed by atoms with Crippen LogP contribution in [0.5, 0.6) is 0 Å². The van der Waals surface area contributed by atoms with Crippen LogP contribution in [0, 0.1) is 0 Å². The van der Waals surface area contributed by atoms with Crippen LogP contribution in [0.1, 0.15) is 12.5 Å². The largest absolute Gasteiger partial charge is 0.297 e. The maximum atomic E-state index is 11.5. The lowest BCUT2D eigenvalue weighted by Crippen LogP contribution is -1.97. The molecule has 0 saturated carbocycles. The van der Waals surface area contributed by atoms with E-state index in [9.17, 15) is 4.79 Å². The highest BCUT2D eigenvalue weighted by atomic mass is 16.1. The van der Waals surface area contributed by atoms with Gasteiger partial charge in [-0.3, -0.25) is 20.0 Å². The summed E-state index contributed by atoms with van der Waals surface area (Å²) in [5.41, 5.74) is 2.88. The van der Waals surface area contributed by atoms with Crippen molar-refractivity contribution in [3.05, 3.63) is 40.3 Å². The smallest absolute Gasteiger partial charge is 0.273 e. The molecule has 4 heteroatoms. The number of fused-ring (bicyclic) bond motifs is 3. The molecule has 2 N–H and O–H groups in total. The van der Waals surface area contributed by atoms with Crippen LogP contribution in [-0.4, -0.2) is 15.2 Å². The second kappa shape index (κ2) is 3.20. The molecule has 0 saturated heterocycles. The summed E-state index contributed by atoms with van der Waals surface area (Å²) in [6.07, 6.45) is 2.57. The molecule has 0 fully saturated rings. The number of para-hydroxylation sites is 1. The maximum absolute atomic E-state index is 11.5. The van der Waals surface area contributed by atoms with Gasteiger partial charge in [-0.05, 0) is 12.0 Å². The average molecular weight is 213 g/mol. The van der Waals surface area contributed by atoms with Crippen LogP contribution in [0.25, 0.3) is 21.8 Å². The number of aromatic nitrogens is 3. The van der Waals surface area contributed by atoms with Crippen molar-refractivity contribution in [2.24, 2.45) is 0 Å². The number of aryl methyl sites for hydroxylation is 1. The van der Waals surface area contributed by atoms with Crippen molar-refractivity contribution in [1.82, 2.24) is 15.2 Å². The fourth-order valence-corrected chi connectivity index (χ4v) is 2.06. The summed E-state index contributed by atoms with van der Waals surface area (Å²) in [6.45, 7) is 2.10. The SMILES string of the molecule is CCc1cccc2c1ncc1c(=O)[nH][nH]c12. The van der Waals surface area contributed by atoms with E-state index in [1.807, 2.05) is 12.1 Å². The fraction of sp³-hybridized carbons (Fsp3) is 0.167. The van der Waals surface area contributed by atoms with E-state index in [1.54, 1.807) is 6.20 Å². The van der Waals surface area contributed by atoms with Gasteiger partial charge in [0.1, 0.15) is 0 Å². The first-order valence-corrected chi connectivity index (χ1v) is 5.28. The lowest BCUT2D eigenvalue weighted by atomic mass is 10.1. The van der Waals surface area contributed by atoms with E-state index in [4.69, 9.17) is 0 Å². The van der Waals surface area contributed by atoms with Gasteiger partial charge >= 0.3 is 0 Å². The standard InChI is InChI=1S/C12H11N3O/c1-2-7-4-3-5-8-10(7)13-6-9-11(8)14-15-12(9)16/h3-6H,2H2,1H3,(H2,14,15,16). The van der Waals surface area contributed by atoms with Gasteiger partial charge in [-0.1, -0.05) is 25.1 Å². The molecule has 0 amide bonds. The van der Waals surface area contributed by atoms with Gasteiger partial charge in [0.15, 0.2) is 0 Å². The fourth-order valence-electron chi connectivity index (χ4n) is 2.06. The number of rotatable bonds is 1. The zero-order valence-electron chi connectivity index (χ0n) is 8.87. The Bertz CT molecular complexity index is 724. The highest BCUT2D eigenvalue weighted by Crippen LogP contribution is 2.22. The Kier molecular flexibility index (Phi) is 1.83. The zero-order valence-corrected chi connectivity index (χ0v) is 8.87. The minimum atomic E-state index is -0.119. The Hall–Kier alpha value is -2.10. The number of pyridine rings is 1. The van der Waals surface area contributed by atoms with Crippen molar-refractivity contribution in [3.63, 3.8) is 0 Å². The Morgan fingerprint density at radius 1 is 1.25 bits per heavy atom. The number of H-pyrrole nitrogens is 2. The molecule has 0 unspecified atom stereocenters. The first-order valence-electron chi connectivity index (χ1n) is 5.28. The molecule has 2 heterocycles. The molecule has 1 aromatic carbocycles. The minimum absolute atomic E-state index is 0.119. The maximum Gasteiger partial charge on any atom is 0.273 e. The number of nitrogens with one attached hydrogen (secondary N) is 2. The molecule has 0 atom stereocenters. The third-order valence-electron chi connectivity index (χ3n) is 2.91. The third-order valence-corrected chi connectivity index (χ3v) is 2.91. The van der Waals surface area contributed by atoms with Crippen molar-refractivity contribution in [2.75, 3.05) is 0 Å². The predicted molar refractivity (Wildman–Crippen MR) is 63.6 cm³/mol. The molecule has 0 aliphatic heterocycles. The van der Waals surface area contributed by atoms with Crippen molar-refractivity contribution < 1.29 is 0 Å². The Labute approximate surface area is 91.3 Å². The zero-order chi connectivity index (χ0) is 11.1. The van der Waals surface area contributed by atoms with E-state index in [0.29, 0.717) is 5.39 Å². The van der Waals surface area contributed by atoms with Crippen LogP contribution < -0.4 is 5.56 Å². The molecule has 0 aliphatic rings. The minimum Gasteiger partial charge on any atom is -0.297 e. The summed E-state index contributed by atoms with van der Waals surface area (Å²) in [4.78, 5) is 15.8. The monoisotopic (exact) mass is 213 g/mol. The number of hydrogen-bond acceptors (Lipinski definition) is 2. The van der Waals surface area contributed by atoms with Crippen LogP contribution in [-0.2, 0) is 6.42 Å². The summed E-state index contributed by atoms with van der Waals surface area (Å²) < 4.78 is 0. The molecule has 0 aliphatic carbocycles. The molecule has 3 aromatic rings. The first-order chi connectivity index (χ1) is 7.81. The summed E-state index contributed by atoms with van der Waals surface area (Å²) in [5, 5.41) is 7.10. The molecule has 2 aromatic heterocycles. The average Bonchev–Trinajstić information content (AvgIpc) is 2.70. The normalized spacial score (nSPS) is 11.3. The molecule has 3 rings (SSSR count). The highest BCUT2D eigenvalue weighted by Gasteiger charge is 2.08. The van der Waals surface area contributed by atoms with Gasteiger partial charge in [0.2, 0.25) is 0 Å². The van der Waals surface area contributed by atoms with Crippen LogP contribution >= 0.6 is 0 Å².